The van der Waals surface area contributed by atoms with E-state index in [2.05, 4.69) is 23.7 Å². The van der Waals surface area contributed by atoms with Crippen LogP contribution in [0.2, 0.25) is 5.15 Å². The molecule has 160 valence electrons. The number of halogens is 1. The van der Waals surface area contributed by atoms with Gasteiger partial charge in [-0.3, -0.25) is 0 Å². The minimum absolute atomic E-state index is 0.00590. The number of hydrogen-bond donors (Lipinski definition) is 0. The number of hydrogen-bond acceptors (Lipinski definition) is 4. The maximum atomic E-state index is 12.4. The summed E-state index contributed by atoms with van der Waals surface area (Å²) in [6.07, 6.45) is 8.78. The Kier molecular flexibility index (Phi) is 9.10. The van der Waals surface area contributed by atoms with E-state index >= 15 is 0 Å². The van der Waals surface area contributed by atoms with Gasteiger partial charge in [0.1, 0.15) is 23.1 Å². The molecule has 1 aromatic heterocycles. The van der Waals surface area contributed by atoms with Crippen molar-refractivity contribution in [1.82, 2.24) is 9.88 Å². The number of pyridine rings is 1. The van der Waals surface area contributed by atoms with Gasteiger partial charge in [-0.1, -0.05) is 49.6 Å². The van der Waals surface area contributed by atoms with Gasteiger partial charge in [0.05, 0.1) is 17.8 Å². The van der Waals surface area contributed by atoms with Crippen LogP contribution in [0.4, 0.5) is 4.79 Å². The Morgan fingerprint density at radius 1 is 1.34 bits per heavy atom. The predicted molar refractivity (Wildman–Crippen MR) is 116 cm³/mol. The van der Waals surface area contributed by atoms with Crippen LogP contribution in [0.5, 0.6) is 5.75 Å². The summed E-state index contributed by atoms with van der Waals surface area (Å²) in [5.74, 6) is 6.88. The van der Waals surface area contributed by atoms with Gasteiger partial charge in [0.15, 0.2) is 0 Å². The smallest absolute Gasteiger partial charge is 0.410 e. The van der Waals surface area contributed by atoms with Crippen LogP contribution < -0.4 is 4.74 Å². The zero-order chi connectivity index (χ0) is 21.3. The van der Waals surface area contributed by atoms with E-state index in [1.807, 2.05) is 26.8 Å². The van der Waals surface area contributed by atoms with Gasteiger partial charge >= 0.3 is 6.09 Å². The molecule has 29 heavy (non-hydrogen) atoms. The number of unbranched alkanes of at least 4 members (excludes halogenated alkanes) is 4. The molecule has 5 nitrogen and oxygen atoms in total. The molecule has 0 N–H and O–H groups in total. The Labute approximate surface area is 180 Å². The molecule has 1 aliphatic heterocycles. The molecule has 1 aromatic rings. The first-order valence-corrected chi connectivity index (χ1v) is 10.9. The number of carbonyl (C=O) groups is 1. The third-order valence-electron chi connectivity index (χ3n) is 4.64. The highest BCUT2D eigenvalue weighted by atomic mass is 35.5. The molecule has 0 spiro atoms. The average Bonchev–Trinajstić information content (AvgIpc) is 3.12. The molecule has 0 saturated carbocycles. The summed E-state index contributed by atoms with van der Waals surface area (Å²) in [5, 5.41) is 0.384. The van der Waals surface area contributed by atoms with E-state index in [1.54, 1.807) is 11.1 Å². The third kappa shape index (κ3) is 8.14. The van der Waals surface area contributed by atoms with Gasteiger partial charge in [-0.05, 0) is 40.0 Å². The number of likely N-dealkylation sites (tertiary alicyclic amines) is 1. The van der Waals surface area contributed by atoms with E-state index in [0.29, 0.717) is 29.6 Å². The Hall–Kier alpha value is -1.93. The van der Waals surface area contributed by atoms with Crippen molar-refractivity contribution in [3.63, 3.8) is 0 Å². The number of amides is 1. The highest BCUT2D eigenvalue weighted by molar-refractivity contribution is 6.30. The summed E-state index contributed by atoms with van der Waals surface area (Å²) < 4.78 is 11.4. The molecule has 1 atom stereocenters. The second kappa shape index (κ2) is 11.3. The zero-order valence-electron chi connectivity index (χ0n) is 18.1. The minimum Gasteiger partial charge on any atom is -0.490 e. The predicted octanol–water partition coefficient (Wildman–Crippen LogP) is 5.84. The maximum Gasteiger partial charge on any atom is 0.410 e. The molecule has 0 radical (unpaired) electrons. The lowest BCUT2D eigenvalue weighted by atomic mass is 10.1. The van der Waals surface area contributed by atoms with E-state index in [0.717, 1.165) is 25.7 Å². The summed E-state index contributed by atoms with van der Waals surface area (Å²) >= 11 is 6.17. The highest BCUT2D eigenvalue weighted by Gasteiger charge is 2.32. The number of nitrogens with zero attached hydrogens (tertiary/aromatic N) is 2. The van der Waals surface area contributed by atoms with Crippen LogP contribution >= 0.6 is 11.6 Å². The number of aromatic nitrogens is 1. The molecule has 6 heteroatoms. The molecule has 1 aliphatic rings. The Morgan fingerprint density at radius 3 is 2.86 bits per heavy atom. The molecule has 0 bridgehead atoms. The highest BCUT2D eigenvalue weighted by Crippen LogP contribution is 2.23. The van der Waals surface area contributed by atoms with Gasteiger partial charge in [-0.2, -0.15) is 0 Å². The molecular formula is C23H33ClN2O3. The van der Waals surface area contributed by atoms with Crippen LogP contribution in [0.3, 0.4) is 0 Å². The largest absolute Gasteiger partial charge is 0.490 e. The van der Waals surface area contributed by atoms with Gasteiger partial charge in [0.25, 0.3) is 0 Å². The SMILES string of the molecule is CCCCCCC#Cc1cc(OC[C@H]2CCCN2C(=O)OC(C)(C)C)cnc1Cl. The quantitative estimate of drug-likeness (QED) is 0.316. The summed E-state index contributed by atoms with van der Waals surface area (Å²) in [5.41, 5.74) is 0.171. The molecule has 2 heterocycles. The molecule has 0 aliphatic carbocycles. The summed E-state index contributed by atoms with van der Waals surface area (Å²) in [4.78, 5) is 18.3. The first-order chi connectivity index (χ1) is 13.8. The molecule has 0 unspecified atom stereocenters. The standard InChI is InChI=1S/C23H33ClN2O3/c1-5-6-7-8-9-10-12-18-15-20(16-25-21(18)24)28-17-19-13-11-14-26(19)22(27)29-23(2,3)4/h15-16,19H,5-9,11,13-14,17H2,1-4H3/t19-/m1/s1. The summed E-state index contributed by atoms with van der Waals surface area (Å²) in [6, 6.07) is 1.81. The van der Waals surface area contributed by atoms with Gasteiger partial charge in [-0.15, -0.1) is 0 Å². The maximum absolute atomic E-state index is 12.4. The number of ether oxygens (including phenoxy) is 2. The molecule has 1 amide bonds. The van der Waals surface area contributed by atoms with Crippen molar-refractivity contribution in [3.8, 4) is 17.6 Å². The van der Waals surface area contributed by atoms with Crippen molar-refractivity contribution >= 4 is 17.7 Å². The number of rotatable bonds is 7. The molecule has 2 rings (SSSR count). The van der Waals surface area contributed by atoms with Crippen LogP contribution in [-0.4, -0.2) is 40.8 Å². The fraction of sp³-hybridized carbons (Fsp3) is 0.652. The first kappa shape index (κ1) is 23.3. The van der Waals surface area contributed by atoms with E-state index in [9.17, 15) is 4.79 Å². The Bertz CT molecular complexity index is 734. The van der Waals surface area contributed by atoms with E-state index in [4.69, 9.17) is 21.1 Å². The third-order valence-corrected chi connectivity index (χ3v) is 4.94. The van der Waals surface area contributed by atoms with Gasteiger partial charge < -0.3 is 14.4 Å². The lowest BCUT2D eigenvalue weighted by Crippen LogP contribution is -2.42. The van der Waals surface area contributed by atoms with Crippen LogP contribution in [-0.2, 0) is 4.74 Å². The van der Waals surface area contributed by atoms with E-state index < -0.39 is 5.60 Å². The van der Waals surface area contributed by atoms with Crippen molar-refractivity contribution in [2.75, 3.05) is 13.2 Å². The lowest BCUT2D eigenvalue weighted by molar-refractivity contribution is 0.0187. The van der Waals surface area contributed by atoms with Gasteiger partial charge in [0.2, 0.25) is 0 Å². The van der Waals surface area contributed by atoms with Crippen LogP contribution in [0, 0.1) is 11.8 Å². The second-order valence-electron chi connectivity index (χ2n) is 8.40. The van der Waals surface area contributed by atoms with Gasteiger partial charge in [0, 0.05) is 19.0 Å². The lowest BCUT2D eigenvalue weighted by Gasteiger charge is -2.28. The minimum atomic E-state index is -0.505. The average molecular weight is 421 g/mol. The molecule has 1 fully saturated rings. The Balaban J connectivity index is 1.91. The van der Waals surface area contributed by atoms with Crippen molar-refractivity contribution in [2.24, 2.45) is 0 Å². The van der Waals surface area contributed by atoms with E-state index in [1.165, 1.54) is 19.3 Å². The summed E-state index contributed by atoms with van der Waals surface area (Å²) in [6.45, 7) is 8.90. The van der Waals surface area contributed by atoms with Crippen LogP contribution in [0.15, 0.2) is 12.3 Å². The van der Waals surface area contributed by atoms with Crippen molar-refractivity contribution in [1.29, 1.82) is 0 Å². The zero-order valence-corrected chi connectivity index (χ0v) is 18.8. The monoisotopic (exact) mass is 420 g/mol. The first-order valence-electron chi connectivity index (χ1n) is 10.6. The van der Waals surface area contributed by atoms with Crippen LogP contribution in [0.25, 0.3) is 0 Å². The van der Waals surface area contributed by atoms with Crippen molar-refractivity contribution in [3.05, 3.63) is 23.0 Å². The fourth-order valence-electron chi connectivity index (χ4n) is 3.16. The molecular weight excluding hydrogens is 388 g/mol. The normalized spacial score (nSPS) is 16.3. The van der Waals surface area contributed by atoms with Crippen LogP contribution in [0.1, 0.15) is 78.2 Å². The topological polar surface area (TPSA) is 51.7 Å². The van der Waals surface area contributed by atoms with Crippen molar-refractivity contribution < 1.29 is 14.3 Å². The second-order valence-corrected chi connectivity index (χ2v) is 8.76. The van der Waals surface area contributed by atoms with Crippen molar-refractivity contribution in [2.45, 2.75) is 84.3 Å². The summed E-state index contributed by atoms with van der Waals surface area (Å²) in [7, 11) is 0. The molecule has 1 saturated heterocycles. The van der Waals surface area contributed by atoms with E-state index in [-0.39, 0.29) is 12.1 Å². The molecule has 0 aromatic carbocycles. The Morgan fingerprint density at radius 2 is 2.14 bits per heavy atom. The fourth-order valence-corrected chi connectivity index (χ4v) is 3.31. The number of carbonyl (C=O) groups excluding carboxylic acids is 1. The van der Waals surface area contributed by atoms with Gasteiger partial charge in [-0.25, -0.2) is 9.78 Å².